The second-order valence-corrected chi connectivity index (χ2v) is 5.78. The maximum absolute atomic E-state index is 6.04. The Hall–Kier alpha value is -2.85. The lowest BCUT2D eigenvalue weighted by Gasteiger charge is -2.11. The van der Waals surface area contributed by atoms with E-state index in [4.69, 9.17) is 16.4 Å². The van der Waals surface area contributed by atoms with Crippen LogP contribution in [0, 0.1) is 0 Å². The van der Waals surface area contributed by atoms with Crippen LogP contribution in [-0.4, -0.2) is 14.7 Å². The molecule has 0 atom stereocenters. The molecule has 0 saturated carbocycles. The van der Waals surface area contributed by atoms with Gasteiger partial charge < -0.3 is 4.84 Å². The van der Waals surface area contributed by atoms with E-state index in [1.54, 1.807) is 10.9 Å². The minimum absolute atomic E-state index is 0.414. The number of imidazole rings is 1. The number of pyridine rings is 1. The van der Waals surface area contributed by atoms with Gasteiger partial charge in [-0.25, -0.2) is 9.97 Å². The molecule has 4 nitrogen and oxygen atoms in total. The average Bonchev–Trinajstić information content (AvgIpc) is 3.01. The molecule has 2 aromatic heterocycles. The number of nitrogens with zero attached hydrogens (tertiary/aromatic N) is 3. The van der Waals surface area contributed by atoms with Gasteiger partial charge in [0.1, 0.15) is 12.1 Å². The average molecular weight is 336 g/mol. The highest BCUT2D eigenvalue weighted by Gasteiger charge is 2.14. The van der Waals surface area contributed by atoms with Crippen LogP contribution in [0.25, 0.3) is 22.6 Å². The van der Waals surface area contributed by atoms with Crippen molar-refractivity contribution in [1.82, 2.24) is 14.7 Å². The van der Waals surface area contributed by atoms with Crippen molar-refractivity contribution in [3.8, 4) is 11.4 Å². The van der Waals surface area contributed by atoms with Gasteiger partial charge >= 0.3 is 0 Å². The minimum atomic E-state index is 0.414. The largest absolute Gasteiger partial charge is 0.407 e. The summed E-state index contributed by atoms with van der Waals surface area (Å²) < 4.78 is 1.74. The van der Waals surface area contributed by atoms with Crippen molar-refractivity contribution < 1.29 is 4.84 Å². The first-order valence-electron chi connectivity index (χ1n) is 7.58. The Labute approximate surface area is 144 Å². The molecule has 0 radical (unpaired) electrons. The Kier molecular flexibility index (Phi) is 3.89. The van der Waals surface area contributed by atoms with E-state index in [9.17, 15) is 0 Å². The molecule has 4 rings (SSSR count). The summed E-state index contributed by atoms with van der Waals surface area (Å²) in [5.41, 5.74) is 3.51. The Bertz CT molecular complexity index is 965. The summed E-state index contributed by atoms with van der Waals surface area (Å²) in [4.78, 5) is 15.0. The highest BCUT2D eigenvalue weighted by atomic mass is 35.5. The van der Waals surface area contributed by atoms with Gasteiger partial charge in [-0.05, 0) is 29.8 Å². The summed E-state index contributed by atoms with van der Waals surface area (Å²) in [5, 5.41) is 0.709. The lowest BCUT2D eigenvalue weighted by atomic mass is 10.2. The van der Waals surface area contributed by atoms with Crippen molar-refractivity contribution in [2.75, 3.05) is 0 Å². The summed E-state index contributed by atoms with van der Waals surface area (Å²) in [6.45, 7) is 0.414. The van der Waals surface area contributed by atoms with Gasteiger partial charge in [-0.1, -0.05) is 54.1 Å². The molecular weight excluding hydrogens is 322 g/mol. The predicted molar refractivity (Wildman–Crippen MR) is 94.7 cm³/mol. The maximum atomic E-state index is 6.04. The highest BCUT2D eigenvalue weighted by molar-refractivity contribution is 6.30. The van der Waals surface area contributed by atoms with Crippen LogP contribution in [0.4, 0.5) is 0 Å². The second kappa shape index (κ2) is 6.34. The van der Waals surface area contributed by atoms with E-state index in [0.717, 1.165) is 22.5 Å². The predicted octanol–water partition coefficient (Wildman–Crippen LogP) is 4.38. The van der Waals surface area contributed by atoms with Gasteiger partial charge in [0.05, 0.1) is 0 Å². The lowest BCUT2D eigenvalue weighted by molar-refractivity contribution is 0.110. The quantitative estimate of drug-likeness (QED) is 0.555. The van der Waals surface area contributed by atoms with Gasteiger partial charge in [0, 0.05) is 16.8 Å². The number of aromatic nitrogens is 3. The van der Waals surface area contributed by atoms with E-state index in [0.29, 0.717) is 17.3 Å². The van der Waals surface area contributed by atoms with Crippen molar-refractivity contribution in [2.24, 2.45) is 0 Å². The fourth-order valence-electron chi connectivity index (χ4n) is 2.51. The molecule has 5 heteroatoms. The molecule has 2 heterocycles. The number of fused-ring (bicyclic) bond motifs is 1. The molecule has 0 bridgehead atoms. The molecule has 0 N–H and O–H groups in total. The standard InChI is InChI=1S/C19H14ClN3O/c20-16-10-8-14(9-11-16)13-24-23-17-7-4-12-21-18(17)22-19(23)15-5-2-1-3-6-15/h1-12H,13H2. The molecule has 24 heavy (non-hydrogen) atoms. The van der Waals surface area contributed by atoms with Crippen LogP contribution >= 0.6 is 11.6 Å². The third kappa shape index (κ3) is 2.84. The van der Waals surface area contributed by atoms with Gasteiger partial charge in [0.2, 0.25) is 0 Å². The van der Waals surface area contributed by atoms with Crippen molar-refractivity contribution >= 4 is 22.8 Å². The van der Waals surface area contributed by atoms with Crippen molar-refractivity contribution in [1.29, 1.82) is 0 Å². The zero-order valence-corrected chi connectivity index (χ0v) is 13.5. The van der Waals surface area contributed by atoms with Crippen molar-refractivity contribution in [2.45, 2.75) is 6.61 Å². The van der Waals surface area contributed by atoms with Gasteiger partial charge in [0.25, 0.3) is 0 Å². The van der Waals surface area contributed by atoms with Gasteiger partial charge in [-0.2, -0.15) is 4.73 Å². The van der Waals surface area contributed by atoms with Crippen LogP contribution < -0.4 is 4.84 Å². The van der Waals surface area contributed by atoms with E-state index >= 15 is 0 Å². The first-order valence-corrected chi connectivity index (χ1v) is 7.96. The molecule has 118 valence electrons. The molecule has 0 aliphatic heterocycles. The molecule has 2 aromatic carbocycles. The van der Waals surface area contributed by atoms with Gasteiger partial charge in [-0.3, -0.25) is 0 Å². The molecule has 0 spiro atoms. The topological polar surface area (TPSA) is 39.9 Å². The van der Waals surface area contributed by atoms with Crippen molar-refractivity contribution in [3.63, 3.8) is 0 Å². The first kappa shape index (κ1) is 14.7. The summed E-state index contributed by atoms with van der Waals surface area (Å²) in [5.74, 6) is 0.735. The summed E-state index contributed by atoms with van der Waals surface area (Å²) in [7, 11) is 0. The molecule has 0 saturated heterocycles. The molecule has 0 fully saturated rings. The van der Waals surface area contributed by atoms with E-state index < -0.39 is 0 Å². The Morgan fingerprint density at radius 1 is 0.917 bits per heavy atom. The number of hydrogen-bond acceptors (Lipinski definition) is 3. The Morgan fingerprint density at radius 2 is 1.71 bits per heavy atom. The number of benzene rings is 2. The fraction of sp³-hybridized carbons (Fsp3) is 0.0526. The van der Waals surface area contributed by atoms with Crippen LogP contribution in [0.2, 0.25) is 5.02 Å². The fourth-order valence-corrected chi connectivity index (χ4v) is 2.64. The third-order valence-electron chi connectivity index (χ3n) is 3.69. The molecule has 0 aliphatic carbocycles. The zero-order chi connectivity index (χ0) is 16.4. The molecule has 4 aromatic rings. The summed E-state index contributed by atoms with van der Waals surface area (Å²) in [6.07, 6.45) is 1.73. The van der Waals surface area contributed by atoms with Crippen LogP contribution in [0.5, 0.6) is 0 Å². The monoisotopic (exact) mass is 335 g/mol. The minimum Gasteiger partial charge on any atom is -0.407 e. The van der Waals surface area contributed by atoms with E-state index in [1.165, 1.54) is 0 Å². The number of halogens is 1. The molecule has 0 amide bonds. The second-order valence-electron chi connectivity index (χ2n) is 5.34. The van der Waals surface area contributed by atoms with Gasteiger partial charge in [0.15, 0.2) is 11.5 Å². The Morgan fingerprint density at radius 3 is 2.50 bits per heavy atom. The van der Waals surface area contributed by atoms with E-state index in [1.807, 2.05) is 66.7 Å². The van der Waals surface area contributed by atoms with Crippen LogP contribution in [-0.2, 0) is 6.61 Å². The summed E-state index contributed by atoms with van der Waals surface area (Å²) in [6, 6.07) is 21.4. The molecular formula is C19H14ClN3O. The summed E-state index contributed by atoms with van der Waals surface area (Å²) >= 11 is 5.93. The third-order valence-corrected chi connectivity index (χ3v) is 3.95. The molecule has 0 unspecified atom stereocenters. The number of hydrogen-bond donors (Lipinski definition) is 0. The highest BCUT2D eigenvalue weighted by Crippen LogP contribution is 2.22. The van der Waals surface area contributed by atoms with Crippen LogP contribution in [0.1, 0.15) is 5.56 Å². The zero-order valence-electron chi connectivity index (χ0n) is 12.8. The molecule has 0 aliphatic rings. The van der Waals surface area contributed by atoms with Crippen LogP contribution in [0.15, 0.2) is 72.9 Å². The normalized spacial score (nSPS) is 10.9. The van der Waals surface area contributed by atoms with Crippen LogP contribution in [0.3, 0.4) is 0 Å². The Balaban J connectivity index is 1.74. The number of rotatable bonds is 4. The van der Waals surface area contributed by atoms with Crippen molar-refractivity contribution in [3.05, 3.63) is 83.5 Å². The smallest absolute Gasteiger partial charge is 0.181 e. The lowest BCUT2D eigenvalue weighted by Crippen LogP contribution is -2.12. The maximum Gasteiger partial charge on any atom is 0.181 e. The van der Waals surface area contributed by atoms with E-state index in [-0.39, 0.29) is 0 Å². The van der Waals surface area contributed by atoms with E-state index in [2.05, 4.69) is 9.97 Å². The van der Waals surface area contributed by atoms with Gasteiger partial charge in [-0.15, -0.1) is 0 Å². The first-order chi connectivity index (χ1) is 11.8. The SMILES string of the molecule is Clc1ccc(COn2c(-c3ccccc3)nc3ncccc32)cc1.